The van der Waals surface area contributed by atoms with Gasteiger partial charge >= 0.3 is 0 Å². The third-order valence-corrected chi connectivity index (χ3v) is 4.36. The number of sulfone groups is 1. The summed E-state index contributed by atoms with van der Waals surface area (Å²) in [6.45, 7) is 0. The van der Waals surface area contributed by atoms with Crippen LogP contribution in [0.1, 0.15) is 5.56 Å². The number of hydrogen-bond donors (Lipinski definition) is 0. The SMILES string of the molecule is O=C=C(/C=C/c1ccccc1)S(=O)(=O)c1ccccc1. The molecule has 0 saturated heterocycles. The molecule has 0 fully saturated rings. The van der Waals surface area contributed by atoms with E-state index in [0.717, 1.165) is 5.56 Å². The van der Waals surface area contributed by atoms with Gasteiger partial charge in [-0.3, -0.25) is 0 Å². The van der Waals surface area contributed by atoms with Gasteiger partial charge in [-0.2, -0.15) is 0 Å². The Morgan fingerprint density at radius 2 is 1.45 bits per heavy atom. The molecule has 20 heavy (non-hydrogen) atoms. The number of allylic oxidation sites excluding steroid dienone is 1. The van der Waals surface area contributed by atoms with E-state index in [1.807, 2.05) is 30.3 Å². The smallest absolute Gasteiger partial charge is 0.217 e. The van der Waals surface area contributed by atoms with Gasteiger partial charge in [0.25, 0.3) is 0 Å². The van der Waals surface area contributed by atoms with E-state index in [1.165, 1.54) is 24.2 Å². The molecule has 0 aliphatic carbocycles. The first-order chi connectivity index (χ1) is 9.64. The maximum atomic E-state index is 12.2. The van der Waals surface area contributed by atoms with E-state index in [0.29, 0.717) is 0 Å². The highest BCUT2D eigenvalue weighted by Gasteiger charge is 2.19. The lowest BCUT2D eigenvalue weighted by atomic mass is 10.2. The van der Waals surface area contributed by atoms with E-state index in [1.54, 1.807) is 24.3 Å². The monoisotopic (exact) mass is 284 g/mol. The first-order valence-corrected chi connectivity index (χ1v) is 7.41. The predicted molar refractivity (Wildman–Crippen MR) is 78.3 cm³/mol. The van der Waals surface area contributed by atoms with Gasteiger partial charge in [-0.1, -0.05) is 54.6 Å². The largest absolute Gasteiger partial charge is 0.232 e. The van der Waals surface area contributed by atoms with Gasteiger partial charge in [-0.15, -0.1) is 0 Å². The second-order valence-electron chi connectivity index (χ2n) is 4.03. The normalized spacial score (nSPS) is 11.2. The minimum absolute atomic E-state index is 0.0797. The number of benzene rings is 2. The average molecular weight is 284 g/mol. The Morgan fingerprint density at radius 3 is 2.00 bits per heavy atom. The molecule has 0 unspecified atom stereocenters. The van der Waals surface area contributed by atoms with E-state index < -0.39 is 9.84 Å². The topological polar surface area (TPSA) is 51.2 Å². The van der Waals surface area contributed by atoms with Crippen LogP contribution in [0.15, 0.2) is 76.5 Å². The van der Waals surface area contributed by atoms with Crippen molar-refractivity contribution < 1.29 is 13.2 Å². The highest BCUT2D eigenvalue weighted by Crippen LogP contribution is 2.18. The fourth-order valence-electron chi connectivity index (χ4n) is 1.64. The summed E-state index contributed by atoms with van der Waals surface area (Å²) in [5.74, 6) is 1.50. The molecule has 2 aromatic carbocycles. The van der Waals surface area contributed by atoms with Crippen molar-refractivity contribution in [1.82, 2.24) is 0 Å². The molecule has 0 aliphatic rings. The summed E-state index contributed by atoms with van der Waals surface area (Å²) in [7, 11) is -3.82. The fraction of sp³-hybridized carbons (Fsp3) is 0. The van der Waals surface area contributed by atoms with E-state index in [2.05, 4.69) is 0 Å². The van der Waals surface area contributed by atoms with Gasteiger partial charge in [0.1, 0.15) is 5.94 Å². The molecule has 100 valence electrons. The highest BCUT2D eigenvalue weighted by atomic mass is 32.2. The van der Waals surface area contributed by atoms with Crippen molar-refractivity contribution >= 4 is 21.9 Å². The van der Waals surface area contributed by atoms with Crippen LogP contribution in [0.25, 0.3) is 6.08 Å². The van der Waals surface area contributed by atoms with Crippen LogP contribution in [-0.4, -0.2) is 14.4 Å². The van der Waals surface area contributed by atoms with Crippen LogP contribution in [-0.2, 0) is 14.6 Å². The first kappa shape index (κ1) is 14.0. The molecule has 2 rings (SSSR count). The lowest BCUT2D eigenvalue weighted by molar-refractivity contribution is 0.567. The summed E-state index contributed by atoms with van der Waals surface area (Å²) in [5, 5.41) is 0. The van der Waals surface area contributed by atoms with E-state index in [9.17, 15) is 13.2 Å². The number of carbonyl (C=O) groups excluding carboxylic acids is 1. The summed E-state index contributed by atoms with van der Waals surface area (Å²) < 4.78 is 24.5. The standard InChI is InChI=1S/C16H12O3S/c17-13-16(12-11-14-7-3-1-4-8-14)20(18,19)15-9-5-2-6-10-15/h1-12H/b12-11+. The maximum absolute atomic E-state index is 12.2. The second kappa shape index (κ2) is 6.15. The molecule has 0 radical (unpaired) electrons. The molecule has 0 spiro atoms. The quantitative estimate of drug-likeness (QED) is 0.640. The second-order valence-corrected chi connectivity index (χ2v) is 5.94. The Balaban J connectivity index is 2.35. The van der Waals surface area contributed by atoms with Crippen molar-refractivity contribution in [2.24, 2.45) is 0 Å². The first-order valence-electron chi connectivity index (χ1n) is 5.93. The summed E-state index contributed by atoms with van der Waals surface area (Å²) in [5.41, 5.74) is 0.809. The summed E-state index contributed by atoms with van der Waals surface area (Å²) in [6.07, 6.45) is 2.84. The van der Waals surface area contributed by atoms with Gasteiger partial charge < -0.3 is 0 Å². The molecule has 0 amide bonds. The van der Waals surface area contributed by atoms with Crippen molar-refractivity contribution in [3.05, 3.63) is 77.2 Å². The number of hydrogen-bond acceptors (Lipinski definition) is 3. The summed E-state index contributed by atoms with van der Waals surface area (Å²) >= 11 is 0. The number of rotatable bonds is 4. The van der Waals surface area contributed by atoms with Crippen molar-refractivity contribution in [2.75, 3.05) is 0 Å². The lowest BCUT2D eigenvalue weighted by Crippen LogP contribution is -2.03. The lowest BCUT2D eigenvalue weighted by Gasteiger charge is -2.01. The van der Waals surface area contributed by atoms with Crippen LogP contribution in [0, 0.1) is 0 Å². The minimum atomic E-state index is -3.82. The van der Waals surface area contributed by atoms with Crippen molar-refractivity contribution in [1.29, 1.82) is 0 Å². The predicted octanol–water partition coefficient (Wildman–Crippen LogP) is 2.89. The molecule has 4 heteroatoms. The molecule has 3 nitrogen and oxygen atoms in total. The van der Waals surface area contributed by atoms with E-state index in [4.69, 9.17) is 0 Å². The van der Waals surface area contributed by atoms with Crippen LogP contribution >= 0.6 is 0 Å². The van der Waals surface area contributed by atoms with Crippen LogP contribution in [0.2, 0.25) is 0 Å². The molecule has 2 aromatic rings. The minimum Gasteiger partial charge on any atom is -0.232 e. The Kier molecular flexibility index (Phi) is 4.31. The molecule has 0 bridgehead atoms. The molecule has 0 N–H and O–H groups in total. The average Bonchev–Trinajstić information content (AvgIpc) is 2.49. The zero-order chi connectivity index (χ0) is 14.4. The Morgan fingerprint density at radius 1 is 0.900 bits per heavy atom. The van der Waals surface area contributed by atoms with Crippen molar-refractivity contribution in [2.45, 2.75) is 4.90 Å². The molecule has 0 heterocycles. The van der Waals surface area contributed by atoms with Gasteiger partial charge in [0.15, 0.2) is 4.91 Å². The van der Waals surface area contributed by atoms with Crippen molar-refractivity contribution in [3.8, 4) is 0 Å². The van der Waals surface area contributed by atoms with Crippen LogP contribution in [0.4, 0.5) is 0 Å². The van der Waals surface area contributed by atoms with Gasteiger partial charge in [-0.05, 0) is 23.8 Å². The van der Waals surface area contributed by atoms with Crippen molar-refractivity contribution in [3.63, 3.8) is 0 Å². The Labute approximate surface area is 117 Å². The van der Waals surface area contributed by atoms with Gasteiger partial charge in [0, 0.05) is 0 Å². The van der Waals surface area contributed by atoms with Crippen LogP contribution < -0.4 is 0 Å². The fourth-order valence-corrected chi connectivity index (χ4v) is 2.77. The van der Waals surface area contributed by atoms with Crippen LogP contribution in [0.3, 0.4) is 0 Å². The van der Waals surface area contributed by atoms with E-state index >= 15 is 0 Å². The van der Waals surface area contributed by atoms with Gasteiger partial charge in [0.2, 0.25) is 9.84 Å². The molecule has 0 aromatic heterocycles. The van der Waals surface area contributed by atoms with Gasteiger partial charge in [-0.25, -0.2) is 13.2 Å². The Hall–Kier alpha value is -2.42. The Bertz CT molecular complexity index is 754. The molecular formula is C16H12O3S. The molecule has 0 atom stereocenters. The molecule has 0 saturated carbocycles. The maximum Gasteiger partial charge on any atom is 0.217 e. The third-order valence-electron chi connectivity index (χ3n) is 2.67. The highest BCUT2D eigenvalue weighted by molar-refractivity contribution is 7.95. The van der Waals surface area contributed by atoms with Gasteiger partial charge in [0.05, 0.1) is 4.90 Å². The zero-order valence-corrected chi connectivity index (χ0v) is 11.4. The summed E-state index contributed by atoms with van der Waals surface area (Å²) in [4.78, 5) is 10.7. The third kappa shape index (κ3) is 3.12. The molecular weight excluding hydrogens is 272 g/mol. The van der Waals surface area contributed by atoms with Crippen LogP contribution in [0.5, 0.6) is 0 Å². The summed E-state index contributed by atoms with van der Waals surface area (Å²) in [6, 6.07) is 17.0. The zero-order valence-electron chi connectivity index (χ0n) is 10.6. The van der Waals surface area contributed by atoms with E-state index in [-0.39, 0.29) is 9.80 Å². The molecule has 0 aliphatic heterocycles.